The molecule has 0 aliphatic carbocycles. The number of ether oxygens (including phenoxy) is 2. The predicted molar refractivity (Wildman–Crippen MR) is 177 cm³/mol. The Morgan fingerprint density at radius 1 is 0.533 bits per heavy atom. The summed E-state index contributed by atoms with van der Waals surface area (Å²) in [6.45, 7) is 16.3. The second kappa shape index (κ2) is 32.5. The Labute approximate surface area is 288 Å². The summed E-state index contributed by atoms with van der Waals surface area (Å²) >= 11 is 0. The second-order valence-electron chi connectivity index (χ2n) is 9.77. The molecule has 9 heteroatoms. The topological polar surface area (TPSA) is 133 Å². The van der Waals surface area contributed by atoms with Crippen molar-refractivity contribution in [3.05, 3.63) is 84.6 Å². The van der Waals surface area contributed by atoms with Crippen molar-refractivity contribution in [3.63, 3.8) is 0 Å². The van der Waals surface area contributed by atoms with Crippen molar-refractivity contribution in [1.29, 1.82) is 0 Å². The molecule has 2 rings (SSSR count). The summed E-state index contributed by atoms with van der Waals surface area (Å²) in [5, 5.41) is 21.6. The molecule has 0 amide bonds. The number of hydrogen-bond acceptors (Lipinski definition) is 8. The van der Waals surface area contributed by atoms with Crippen molar-refractivity contribution in [2.24, 2.45) is 0 Å². The van der Waals surface area contributed by atoms with Gasteiger partial charge in [-0.1, -0.05) is 142 Å². The molecular weight excluding hydrogens is 679 g/mol. The SMILES string of the molecule is CCCCCCOC(=O)c1ccccc1C(=O)[O-].CCCCCCOC(=O)c1ccccc1C(=O)[O-].[CH2]CCC.[CH2]CCC.[Sn+2]. The third kappa shape index (κ3) is 24.1. The molecule has 0 saturated carbocycles. The minimum absolute atomic E-state index is 0. The van der Waals surface area contributed by atoms with Gasteiger partial charge in [0.15, 0.2) is 0 Å². The molecule has 4 radical (unpaired) electrons. The molecule has 8 nitrogen and oxygen atoms in total. The van der Waals surface area contributed by atoms with Crippen LogP contribution in [0.2, 0.25) is 0 Å². The van der Waals surface area contributed by atoms with Crippen LogP contribution in [0.5, 0.6) is 0 Å². The van der Waals surface area contributed by atoms with Gasteiger partial charge in [-0.15, -0.1) is 0 Å². The molecule has 2 aromatic carbocycles. The van der Waals surface area contributed by atoms with E-state index < -0.39 is 23.9 Å². The van der Waals surface area contributed by atoms with Crippen molar-refractivity contribution in [2.75, 3.05) is 13.2 Å². The number of carboxylic acid groups (broad SMARTS) is 2. The molecule has 0 aliphatic rings. The van der Waals surface area contributed by atoms with Gasteiger partial charge in [0.2, 0.25) is 0 Å². The third-order valence-electron chi connectivity index (χ3n) is 5.90. The number of unbranched alkanes of at least 4 members (excludes halogenated alkanes) is 8. The van der Waals surface area contributed by atoms with E-state index >= 15 is 0 Å². The van der Waals surface area contributed by atoms with E-state index in [2.05, 4.69) is 41.5 Å². The minimum Gasteiger partial charge on any atom is -0.545 e. The van der Waals surface area contributed by atoms with Crippen LogP contribution in [0.4, 0.5) is 0 Å². The van der Waals surface area contributed by atoms with Gasteiger partial charge in [0.25, 0.3) is 0 Å². The number of esters is 2. The number of carboxylic acids is 2. The van der Waals surface area contributed by atoms with Crippen LogP contribution in [-0.2, 0) is 9.47 Å². The van der Waals surface area contributed by atoms with Gasteiger partial charge in [-0.25, -0.2) is 9.59 Å². The van der Waals surface area contributed by atoms with Gasteiger partial charge < -0.3 is 29.3 Å². The van der Waals surface area contributed by atoms with Crippen LogP contribution < -0.4 is 10.2 Å². The Morgan fingerprint density at radius 3 is 1.07 bits per heavy atom. The summed E-state index contributed by atoms with van der Waals surface area (Å²) in [4.78, 5) is 45.0. The fourth-order valence-corrected chi connectivity index (χ4v) is 3.22. The van der Waals surface area contributed by atoms with Crippen LogP contribution >= 0.6 is 0 Å². The van der Waals surface area contributed by atoms with Crippen molar-refractivity contribution < 1.29 is 38.9 Å². The number of rotatable bonds is 16. The standard InChI is InChI=1S/2C14H18O4.2C4H9.Sn/c2*1-2-3-4-7-10-18-14(17)12-9-6-5-8-11(12)13(15)16;2*1-3-4-2;/h2*5-6,8-9H,2-4,7,10H2,1H3,(H,15,16);2*1,3-4H2,2H3;/q;;;;+2/p-2. The first-order valence-electron chi connectivity index (χ1n) is 15.7. The van der Waals surface area contributed by atoms with E-state index in [1.165, 1.54) is 37.1 Å². The first kappa shape index (κ1) is 46.5. The summed E-state index contributed by atoms with van der Waals surface area (Å²) in [5.41, 5.74) is -0.159. The van der Waals surface area contributed by atoms with Crippen LogP contribution in [0.15, 0.2) is 48.5 Å². The molecule has 45 heavy (non-hydrogen) atoms. The van der Waals surface area contributed by atoms with E-state index in [1.807, 2.05) is 0 Å². The van der Waals surface area contributed by atoms with Gasteiger partial charge in [-0.05, 0) is 25.0 Å². The molecular formula is C36H52O8Sn. The quantitative estimate of drug-likeness (QED) is 0.110. The number of carbonyl (C=O) groups excluding carboxylic acids is 4. The van der Waals surface area contributed by atoms with Gasteiger partial charge in [0, 0.05) is 11.1 Å². The summed E-state index contributed by atoms with van der Waals surface area (Å²) in [6, 6.07) is 11.8. The Kier molecular flexibility index (Phi) is 33.6. The van der Waals surface area contributed by atoms with Crippen molar-refractivity contribution in [3.8, 4) is 0 Å². The van der Waals surface area contributed by atoms with E-state index in [9.17, 15) is 29.4 Å². The van der Waals surface area contributed by atoms with Gasteiger partial charge in [-0.2, -0.15) is 0 Å². The van der Waals surface area contributed by atoms with Crippen molar-refractivity contribution >= 4 is 47.8 Å². The molecule has 0 aromatic heterocycles. The zero-order chi connectivity index (χ0) is 33.6. The first-order valence-corrected chi connectivity index (χ1v) is 15.7. The first-order chi connectivity index (χ1) is 21.2. The number of benzene rings is 2. The van der Waals surface area contributed by atoms with Gasteiger partial charge in [0.1, 0.15) is 0 Å². The minimum atomic E-state index is -1.37. The smallest absolute Gasteiger partial charge is 0.545 e. The van der Waals surface area contributed by atoms with Crippen molar-refractivity contribution in [2.45, 2.75) is 105 Å². The molecule has 0 atom stereocenters. The monoisotopic (exact) mass is 732 g/mol. The number of carbonyl (C=O) groups is 4. The molecule has 0 bridgehead atoms. The molecule has 0 fully saturated rings. The maximum absolute atomic E-state index is 11.7. The van der Waals surface area contributed by atoms with Gasteiger partial charge >= 0.3 is 35.8 Å². The number of aromatic carboxylic acids is 2. The van der Waals surface area contributed by atoms with E-state index in [4.69, 9.17) is 9.47 Å². The maximum atomic E-state index is 11.7. The zero-order valence-corrected chi connectivity index (χ0v) is 30.6. The zero-order valence-electron chi connectivity index (χ0n) is 27.7. The van der Waals surface area contributed by atoms with Crippen LogP contribution in [0.1, 0.15) is 146 Å². The normalized spacial score (nSPS) is 9.38. The molecule has 248 valence electrons. The maximum Gasteiger partial charge on any atom is 2.00 e. The summed E-state index contributed by atoms with van der Waals surface area (Å²) in [5.74, 6) is -3.94. The largest absolute Gasteiger partial charge is 2.00 e. The average molecular weight is 732 g/mol. The molecule has 0 saturated heterocycles. The van der Waals surface area contributed by atoms with Crippen LogP contribution in [0.3, 0.4) is 0 Å². The van der Waals surface area contributed by atoms with E-state index in [1.54, 1.807) is 24.3 Å². The van der Waals surface area contributed by atoms with Gasteiger partial charge in [0.05, 0.1) is 36.3 Å². The summed E-state index contributed by atoms with van der Waals surface area (Å²) in [7, 11) is 0. The van der Waals surface area contributed by atoms with Crippen molar-refractivity contribution in [1.82, 2.24) is 0 Å². The molecule has 0 N–H and O–H groups in total. The average Bonchev–Trinajstić information content (AvgIpc) is 3.04. The Morgan fingerprint density at radius 2 is 0.822 bits per heavy atom. The summed E-state index contributed by atoms with van der Waals surface area (Å²) in [6.07, 6.45) is 12.6. The Bertz CT molecular complexity index is 967. The van der Waals surface area contributed by atoms with E-state index in [-0.39, 0.29) is 46.2 Å². The summed E-state index contributed by atoms with van der Waals surface area (Å²) < 4.78 is 10.1. The molecule has 0 heterocycles. The number of hydrogen-bond donors (Lipinski definition) is 0. The molecule has 2 aromatic rings. The second-order valence-corrected chi connectivity index (χ2v) is 9.77. The van der Waals surface area contributed by atoms with Crippen LogP contribution in [0, 0.1) is 13.8 Å². The Hall–Kier alpha value is -2.88. The van der Waals surface area contributed by atoms with E-state index in [0.717, 1.165) is 64.2 Å². The van der Waals surface area contributed by atoms with Crippen LogP contribution in [-0.4, -0.2) is 61.0 Å². The van der Waals surface area contributed by atoms with E-state index in [0.29, 0.717) is 13.2 Å². The predicted octanol–water partition coefficient (Wildman–Crippen LogP) is 6.43. The molecule has 0 unspecified atom stereocenters. The fraction of sp³-hybridized carbons (Fsp3) is 0.500. The molecule has 0 aliphatic heterocycles. The third-order valence-corrected chi connectivity index (χ3v) is 5.90. The van der Waals surface area contributed by atoms with Crippen LogP contribution in [0.25, 0.3) is 0 Å². The molecule has 0 spiro atoms. The Balaban J connectivity index is -0.000000621. The van der Waals surface area contributed by atoms with Gasteiger partial charge in [-0.3, -0.25) is 0 Å². The fourth-order valence-electron chi connectivity index (χ4n) is 3.22.